The summed E-state index contributed by atoms with van der Waals surface area (Å²) in [5.41, 5.74) is 0.835. The summed E-state index contributed by atoms with van der Waals surface area (Å²) < 4.78 is 0. The number of carbonyl (C=O) groups is 1. The maximum Gasteiger partial charge on any atom is 0.267 e. The van der Waals surface area contributed by atoms with E-state index >= 15 is 0 Å². The van der Waals surface area contributed by atoms with Gasteiger partial charge in [-0.25, -0.2) is 4.98 Å². The van der Waals surface area contributed by atoms with Gasteiger partial charge in [-0.1, -0.05) is 0 Å². The van der Waals surface area contributed by atoms with Crippen molar-refractivity contribution in [2.45, 2.75) is 6.42 Å². The zero-order chi connectivity index (χ0) is 12.1. The fraction of sp³-hybridized carbons (Fsp3) is 0.182. The number of nitrogens with zero attached hydrogens (tertiary/aromatic N) is 2. The SMILES string of the molecule is N#Cc1c[nH]c(C(=O)NCCc2ncc[nH]2)c1. The van der Waals surface area contributed by atoms with E-state index in [0.29, 0.717) is 24.2 Å². The van der Waals surface area contributed by atoms with Gasteiger partial charge in [-0.15, -0.1) is 0 Å². The van der Waals surface area contributed by atoms with Crippen molar-refractivity contribution in [3.63, 3.8) is 0 Å². The van der Waals surface area contributed by atoms with Crippen LogP contribution in [-0.4, -0.2) is 27.4 Å². The highest BCUT2D eigenvalue weighted by molar-refractivity contribution is 5.92. The van der Waals surface area contributed by atoms with E-state index in [1.165, 1.54) is 12.3 Å². The number of H-pyrrole nitrogens is 2. The van der Waals surface area contributed by atoms with Crippen LogP contribution in [0, 0.1) is 11.3 Å². The quantitative estimate of drug-likeness (QED) is 0.715. The summed E-state index contributed by atoms with van der Waals surface area (Å²) in [5, 5.41) is 11.4. The third kappa shape index (κ3) is 2.72. The average Bonchev–Trinajstić information content (AvgIpc) is 2.99. The molecule has 2 aromatic rings. The second-order valence-electron chi connectivity index (χ2n) is 3.46. The van der Waals surface area contributed by atoms with Gasteiger partial charge in [-0.3, -0.25) is 4.79 Å². The Morgan fingerprint density at radius 1 is 1.53 bits per heavy atom. The molecule has 0 bridgehead atoms. The second kappa shape index (κ2) is 4.99. The van der Waals surface area contributed by atoms with Gasteiger partial charge in [0.25, 0.3) is 5.91 Å². The predicted octanol–water partition coefficient (Wildman–Crippen LogP) is 0.582. The van der Waals surface area contributed by atoms with Crippen LogP contribution in [0.1, 0.15) is 21.9 Å². The van der Waals surface area contributed by atoms with Crippen LogP contribution in [0.5, 0.6) is 0 Å². The Morgan fingerprint density at radius 3 is 3.06 bits per heavy atom. The zero-order valence-corrected chi connectivity index (χ0v) is 9.03. The molecule has 86 valence electrons. The number of nitrogens with one attached hydrogen (secondary N) is 3. The van der Waals surface area contributed by atoms with Gasteiger partial charge in [0.05, 0.1) is 5.56 Å². The highest BCUT2D eigenvalue weighted by Crippen LogP contribution is 2.01. The molecule has 0 spiro atoms. The van der Waals surface area contributed by atoms with Crippen molar-refractivity contribution in [1.82, 2.24) is 20.3 Å². The largest absolute Gasteiger partial charge is 0.356 e. The van der Waals surface area contributed by atoms with Crippen molar-refractivity contribution in [2.24, 2.45) is 0 Å². The van der Waals surface area contributed by atoms with Crippen LogP contribution < -0.4 is 5.32 Å². The van der Waals surface area contributed by atoms with Crippen molar-refractivity contribution >= 4 is 5.91 Å². The molecule has 0 aliphatic carbocycles. The van der Waals surface area contributed by atoms with E-state index in [2.05, 4.69) is 20.3 Å². The molecule has 0 unspecified atom stereocenters. The normalized spacial score (nSPS) is 9.82. The molecule has 0 fully saturated rings. The third-order valence-corrected chi connectivity index (χ3v) is 2.26. The van der Waals surface area contributed by atoms with Crippen LogP contribution in [-0.2, 0) is 6.42 Å². The lowest BCUT2D eigenvalue weighted by molar-refractivity contribution is 0.0949. The Morgan fingerprint density at radius 2 is 2.41 bits per heavy atom. The molecule has 0 aliphatic rings. The summed E-state index contributed by atoms with van der Waals surface area (Å²) in [4.78, 5) is 21.4. The molecule has 6 nitrogen and oxygen atoms in total. The molecule has 0 saturated heterocycles. The molecular weight excluding hydrogens is 218 g/mol. The molecule has 6 heteroatoms. The fourth-order valence-corrected chi connectivity index (χ4v) is 1.41. The molecular formula is C11H11N5O. The summed E-state index contributed by atoms with van der Waals surface area (Å²) in [6, 6.07) is 3.47. The number of carbonyl (C=O) groups excluding carboxylic acids is 1. The first kappa shape index (κ1) is 11.0. The Hall–Kier alpha value is -2.55. The van der Waals surface area contributed by atoms with Gasteiger partial charge in [-0.2, -0.15) is 5.26 Å². The number of imidazole rings is 1. The van der Waals surface area contributed by atoms with Crippen LogP contribution in [0.3, 0.4) is 0 Å². The van der Waals surface area contributed by atoms with Gasteiger partial charge >= 0.3 is 0 Å². The number of nitriles is 1. The van der Waals surface area contributed by atoms with E-state index < -0.39 is 0 Å². The van der Waals surface area contributed by atoms with Gasteiger partial charge in [-0.05, 0) is 6.07 Å². The predicted molar refractivity (Wildman–Crippen MR) is 60.1 cm³/mol. The van der Waals surface area contributed by atoms with E-state index in [4.69, 9.17) is 5.26 Å². The van der Waals surface area contributed by atoms with Crippen LogP contribution >= 0.6 is 0 Å². The standard InChI is InChI=1S/C11H11N5O/c12-6-8-5-9(16-7-8)11(17)15-2-1-10-13-3-4-14-10/h3-5,7,16H,1-2H2,(H,13,14)(H,15,17). The first-order valence-corrected chi connectivity index (χ1v) is 5.14. The first-order chi connectivity index (χ1) is 8.29. The molecule has 0 radical (unpaired) electrons. The number of hydrogen-bond acceptors (Lipinski definition) is 3. The second-order valence-corrected chi connectivity index (χ2v) is 3.46. The number of rotatable bonds is 4. The molecule has 17 heavy (non-hydrogen) atoms. The van der Waals surface area contributed by atoms with Crippen molar-refractivity contribution in [2.75, 3.05) is 6.54 Å². The fourth-order valence-electron chi connectivity index (χ4n) is 1.41. The number of aromatic amines is 2. The van der Waals surface area contributed by atoms with Gasteiger partial charge < -0.3 is 15.3 Å². The van der Waals surface area contributed by atoms with E-state index in [-0.39, 0.29) is 5.91 Å². The maximum absolute atomic E-state index is 11.6. The number of aromatic nitrogens is 3. The van der Waals surface area contributed by atoms with E-state index in [9.17, 15) is 4.79 Å². The molecule has 1 amide bonds. The molecule has 2 heterocycles. The molecule has 0 aromatic carbocycles. The Balaban J connectivity index is 1.83. The van der Waals surface area contributed by atoms with Crippen molar-refractivity contribution in [3.8, 4) is 6.07 Å². The topological polar surface area (TPSA) is 97.4 Å². The Labute approximate surface area is 97.7 Å². The maximum atomic E-state index is 11.6. The van der Waals surface area contributed by atoms with Crippen molar-refractivity contribution in [3.05, 3.63) is 41.7 Å². The lowest BCUT2D eigenvalue weighted by atomic mass is 10.3. The van der Waals surface area contributed by atoms with Gasteiger partial charge in [0.1, 0.15) is 17.6 Å². The number of hydrogen-bond donors (Lipinski definition) is 3. The van der Waals surface area contributed by atoms with Crippen LogP contribution in [0.2, 0.25) is 0 Å². The smallest absolute Gasteiger partial charge is 0.267 e. The molecule has 0 saturated carbocycles. The molecule has 2 rings (SSSR count). The lowest BCUT2D eigenvalue weighted by Crippen LogP contribution is -2.26. The van der Waals surface area contributed by atoms with E-state index in [1.54, 1.807) is 12.4 Å². The highest BCUT2D eigenvalue weighted by atomic mass is 16.1. The minimum absolute atomic E-state index is 0.224. The summed E-state index contributed by atoms with van der Waals surface area (Å²) in [6.07, 6.45) is 5.55. The van der Waals surface area contributed by atoms with E-state index in [0.717, 1.165) is 5.82 Å². The van der Waals surface area contributed by atoms with Gasteiger partial charge in [0, 0.05) is 31.6 Å². The third-order valence-electron chi connectivity index (χ3n) is 2.26. The first-order valence-electron chi connectivity index (χ1n) is 5.14. The number of amides is 1. The molecule has 3 N–H and O–H groups in total. The molecule has 2 aromatic heterocycles. The van der Waals surface area contributed by atoms with Gasteiger partial charge in [0.2, 0.25) is 0 Å². The average molecular weight is 229 g/mol. The van der Waals surface area contributed by atoms with Crippen LogP contribution in [0.25, 0.3) is 0 Å². The monoisotopic (exact) mass is 229 g/mol. The zero-order valence-electron chi connectivity index (χ0n) is 9.03. The van der Waals surface area contributed by atoms with Gasteiger partial charge in [0.15, 0.2) is 0 Å². The minimum Gasteiger partial charge on any atom is -0.356 e. The van der Waals surface area contributed by atoms with Crippen LogP contribution in [0.4, 0.5) is 0 Å². The summed E-state index contributed by atoms with van der Waals surface area (Å²) in [6.45, 7) is 0.493. The summed E-state index contributed by atoms with van der Waals surface area (Å²) in [7, 11) is 0. The van der Waals surface area contributed by atoms with Crippen molar-refractivity contribution in [1.29, 1.82) is 5.26 Å². The summed E-state index contributed by atoms with van der Waals surface area (Å²) >= 11 is 0. The van der Waals surface area contributed by atoms with E-state index in [1.807, 2.05) is 6.07 Å². The summed E-state index contributed by atoms with van der Waals surface area (Å²) in [5.74, 6) is 0.604. The molecule has 0 atom stereocenters. The minimum atomic E-state index is -0.224. The lowest BCUT2D eigenvalue weighted by Gasteiger charge is -2.01. The Bertz CT molecular complexity index is 534. The highest BCUT2D eigenvalue weighted by Gasteiger charge is 2.07. The Kier molecular flexibility index (Phi) is 3.21. The molecule has 0 aliphatic heterocycles. The van der Waals surface area contributed by atoms with Crippen LogP contribution in [0.15, 0.2) is 24.7 Å². The van der Waals surface area contributed by atoms with Crippen molar-refractivity contribution < 1.29 is 4.79 Å².